The number of ether oxygens (including phenoxy) is 2. The predicted octanol–water partition coefficient (Wildman–Crippen LogP) is 0.0653. The summed E-state index contributed by atoms with van der Waals surface area (Å²) in [4.78, 5) is 23.2. The van der Waals surface area contributed by atoms with E-state index in [1.54, 1.807) is 20.8 Å². The molecule has 0 aromatic carbocycles. The summed E-state index contributed by atoms with van der Waals surface area (Å²) in [6.07, 6.45) is 0.345. The first-order chi connectivity index (χ1) is 7.74. The molecule has 0 spiro atoms. The average Bonchev–Trinajstić information content (AvgIpc) is 2.57. The summed E-state index contributed by atoms with van der Waals surface area (Å²) in [7, 11) is 1.30. The van der Waals surface area contributed by atoms with Gasteiger partial charge in [-0.2, -0.15) is 0 Å². The summed E-state index contributed by atoms with van der Waals surface area (Å²) in [5.41, 5.74) is -0.528. The molecular formula is C11H20N2O4. The highest BCUT2D eigenvalue weighted by Gasteiger charge is 2.40. The lowest BCUT2D eigenvalue weighted by Gasteiger charge is -2.21. The first-order valence-corrected chi connectivity index (χ1v) is 5.56. The Morgan fingerprint density at radius 1 is 1.29 bits per heavy atom. The van der Waals surface area contributed by atoms with Gasteiger partial charge in [0.25, 0.3) is 0 Å². The third-order valence-electron chi connectivity index (χ3n) is 2.55. The molecule has 1 fully saturated rings. The molecule has 0 bridgehead atoms. The van der Waals surface area contributed by atoms with Crippen molar-refractivity contribution in [2.75, 3.05) is 13.7 Å². The van der Waals surface area contributed by atoms with E-state index in [9.17, 15) is 9.59 Å². The van der Waals surface area contributed by atoms with Crippen LogP contribution in [0.25, 0.3) is 0 Å². The van der Waals surface area contributed by atoms with Crippen molar-refractivity contribution in [2.24, 2.45) is 11.8 Å². The van der Waals surface area contributed by atoms with Crippen molar-refractivity contribution < 1.29 is 19.1 Å². The minimum Gasteiger partial charge on any atom is -0.468 e. The standard InChI is InChI=1S/C11H20N2O4/c1-11(2,3)17-9(14)7-5-8(10(15)16-4)13(12)6-7/h7-8H,5-6,12H2,1-4H3/t7-,8-/m0/s1. The molecule has 0 radical (unpaired) electrons. The quantitative estimate of drug-likeness (QED) is 0.546. The van der Waals surface area contributed by atoms with Gasteiger partial charge in [-0.15, -0.1) is 0 Å². The molecule has 1 aliphatic rings. The van der Waals surface area contributed by atoms with Crippen LogP contribution in [-0.2, 0) is 19.1 Å². The zero-order valence-electron chi connectivity index (χ0n) is 10.7. The molecule has 1 aliphatic heterocycles. The first-order valence-electron chi connectivity index (χ1n) is 5.56. The molecule has 6 heteroatoms. The van der Waals surface area contributed by atoms with Gasteiger partial charge in [0, 0.05) is 6.54 Å². The Kier molecular flexibility index (Phi) is 4.11. The van der Waals surface area contributed by atoms with Crippen molar-refractivity contribution in [3.63, 3.8) is 0 Å². The van der Waals surface area contributed by atoms with Crippen molar-refractivity contribution in [3.05, 3.63) is 0 Å². The molecule has 1 heterocycles. The Labute approximate surface area is 101 Å². The lowest BCUT2D eigenvalue weighted by Crippen LogP contribution is -2.41. The van der Waals surface area contributed by atoms with Gasteiger partial charge in [-0.25, -0.2) is 5.01 Å². The Morgan fingerprint density at radius 3 is 2.35 bits per heavy atom. The maximum atomic E-state index is 11.8. The van der Waals surface area contributed by atoms with Crippen LogP contribution < -0.4 is 5.84 Å². The fourth-order valence-electron chi connectivity index (χ4n) is 1.78. The van der Waals surface area contributed by atoms with Crippen molar-refractivity contribution in [1.82, 2.24) is 5.01 Å². The molecule has 98 valence electrons. The lowest BCUT2D eigenvalue weighted by molar-refractivity contribution is -0.159. The molecule has 0 aromatic rings. The summed E-state index contributed by atoms with van der Waals surface area (Å²) in [6.45, 7) is 5.72. The normalized spacial score (nSPS) is 25.7. The van der Waals surface area contributed by atoms with Gasteiger partial charge in [0.15, 0.2) is 0 Å². The summed E-state index contributed by atoms with van der Waals surface area (Å²) >= 11 is 0. The Bertz CT molecular complexity index is 311. The van der Waals surface area contributed by atoms with Crippen molar-refractivity contribution >= 4 is 11.9 Å². The molecule has 6 nitrogen and oxygen atoms in total. The highest BCUT2D eigenvalue weighted by Crippen LogP contribution is 2.24. The second-order valence-electron chi connectivity index (χ2n) is 5.20. The van der Waals surface area contributed by atoms with Gasteiger partial charge in [0.05, 0.1) is 13.0 Å². The van der Waals surface area contributed by atoms with Gasteiger partial charge < -0.3 is 9.47 Å². The van der Waals surface area contributed by atoms with E-state index in [1.807, 2.05) is 0 Å². The zero-order valence-corrected chi connectivity index (χ0v) is 10.7. The smallest absolute Gasteiger partial charge is 0.324 e. The molecule has 0 aromatic heterocycles. The number of hydrogen-bond acceptors (Lipinski definition) is 6. The van der Waals surface area contributed by atoms with E-state index < -0.39 is 17.6 Å². The highest BCUT2D eigenvalue weighted by atomic mass is 16.6. The van der Waals surface area contributed by atoms with Gasteiger partial charge in [0.2, 0.25) is 0 Å². The fraction of sp³-hybridized carbons (Fsp3) is 0.818. The monoisotopic (exact) mass is 244 g/mol. The van der Waals surface area contributed by atoms with E-state index in [1.165, 1.54) is 12.1 Å². The van der Waals surface area contributed by atoms with Gasteiger partial charge in [0.1, 0.15) is 11.6 Å². The lowest BCUT2D eigenvalue weighted by atomic mass is 10.1. The second kappa shape index (κ2) is 5.01. The highest BCUT2D eigenvalue weighted by molar-refractivity contribution is 5.79. The zero-order chi connectivity index (χ0) is 13.2. The van der Waals surface area contributed by atoms with Crippen LogP contribution >= 0.6 is 0 Å². The Balaban J connectivity index is 2.60. The molecule has 0 amide bonds. The second-order valence-corrected chi connectivity index (χ2v) is 5.20. The van der Waals surface area contributed by atoms with E-state index in [2.05, 4.69) is 4.74 Å². The van der Waals surface area contributed by atoms with Crippen LogP contribution in [0.2, 0.25) is 0 Å². The molecule has 0 unspecified atom stereocenters. The van der Waals surface area contributed by atoms with Crippen LogP contribution in [0, 0.1) is 5.92 Å². The number of nitrogens with two attached hydrogens (primary N) is 1. The van der Waals surface area contributed by atoms with E-state index >= 15 is 0 Å². The number of hydrazine groups is 1. The molecule has 17 heavy (non-hydrogen) atoms. The molecule has 1 rings (SSSR count). The van der Waals surface area contributed by atoms with Gasteiger partial charge >= 0.3 is 11.9 Å². The minimum absolute atomic E-state index is 0.314. The first kappa shape index (κ1) is 13.9. The van der Waals surface area contributed by atoms with E-state index in [0.29, 0.717) is 13.0 Å². The number of hydrogen-bond donors (Lipinski definition) is 1. The summed E-state index contributed by atoms with van der Waals surface area (Å²) < 4.78 is 9.88. The summed E-state index contributed by atoms with van der Waals surface area (Å²) in [5.74, 6) is 4.56. The van der Waals surface area contributed by atoms with E-state index in [4.69, 9.17) is 10.6 Å². The largest absolute Gasteiger partial charge is 0.468 e. The molecule has 0 saturated carbocycles. The van der Waals surface area contributed by atoms with E-state index in [0.717, 1.165) is 0 Å². The number of carbonyl (C=O) groups excluding carboxylic acids is 2. The third kappa shape index (κ3) is 3.67. The predicted molar refractivity (Wildman–Crippen MR) is 60.6 cm³/mol. The van der Waals surface area contributed by atoms with Gasteiger partial charge in [-0.05, 0) is 27.2 Å². The molecular weight excluding hydrogens is 224 g/mol. The van der Waals surface area contributed by atoms with Crippen molar-refractivity contribution in [3.8, 4) is 0 Å². The van der Waals surface area contributed by atoms with Crippen molar-refractivity contribution in [2.45, 2.75) is 38.8 Å². The molecule has 2 N–H and O–H groups in total. The van der Waals surface area contributed by atoms with Crippen molar-refractivity contribution in [1.29, 1.82) is 0 Å². The fourth-order valence-corrected chi connectivity index (χ4v) is 1.78. The topological polar surface area (TPSA) is 81.9 Å². The summed E-state index contributed by atoms with van der Waals surface area (Å²) in [6, 6.07) is -0.558. The molecule has 1 saturated heterocycles. The SMILES string of the molecule is COC(=O)[C@@H]1C[C@H](C(=O)OC(C)(C)C)CN1N. The van der Waals surface area contributed by atoms with Crippen LogP contribution in [0.5, 0.6) is 0 Å². The van der Waals surface area contributed by atoms with Crippen LogP contribution in [0.3, 0.4) is 0 Å². The number of rotatable bonds is 2. The maximum Gasteiger partial charge on any atom is 0.324 e. The minimum atomic E-state index is -0.558. The maximum absolute atomic E-state index is 11.8. The number of esters is 2. The van der Waals surface area contributed by atoms with Gasteiger partial charge in [-0.3, -0.25) is 15.4 Å². The Morgan fingerprint density at radius 2 is 1.88 bits per heavy atom. The molecule has 2 atom stereocenters. The summed E-state index contributed by atoms with van der Waals surface area (Å²) in [5, 5.41) is 1.33. The van der Waals surface area contributed by atoms with E-state index in [-0.39, 0.29) is 11.9 Å². The van der Waals surface area contributed by atoms with Crippen LogP contribution in [0.15, 0.2) is 0 Å². The van der Waals surface area contributed by atoms with Gasteiger partial charge in [-0.1, -0.05) is 0 Å². The third-order valence-corrected chi connectivity index (χ3v) is 2.55. The van der Waals surface area contributed by atoms with Crippen LogP contribution in [0.1, 0.15) is 27.2 Å². The Hall–Kier alpha value is -1.14. The number of nitrogens with zero attached hydrogens (tertiary/aromatic N) is 1. The van der Waals surface area contributed by atoms with Crippen LogP contribution in [-0.4, -0.2) is 42.2 Å². The number of carbonyl (C=O) groups is 2. The average molecular weight is 244 g/mol. The molecule has 0 aliphatic carbocycles. The van der Waals surface area contributed by atoms with Crippen LogP contribution in [0.4, 0.5) is 0 Å². The number of methoxy groups -OCH3 is 1.